The smallest absolute Gasteiger partial charge is 0.330 e. The summed E-state index contributed by atoms with van der Waals surface area (Å²) in [5, 5.41) is 0. The molecular weight excluding hydrogens is 192 g/mol. The predicted molar refractivity (Wildman–Crippen MR) is 58.5 cm³/mol. The zero-order chi connectivity index (χ0) is 11.5. The monoisotopic (exact) mass is 212 g/mol. The van der Waals surface area contributed by atoms with Gasteiger partial charge in [-0.2, -0.15) is 0 Å². The molecule has 1 heterocycles. The molecule has 1 rings (SSSR count). The Labute approximate surface area is 91.4 Å². The second-order valence-corrected chi connectivity index (χ2v) is 5.01. The van der Waals surface area contributed by atoms with Crippen LogP contribution in [-0.4, -0.2) is 25.8 Å². The van der Waals surface area contributed by atoms with Crippen molar-refractivity contribution < 1.29 is 14.3 Å². The van der Waals surface area contributed by atoms with Crippen LogP contribution in [0.4, 0.5) is 0 Å². The van der Waals surface area contributed by atoms with Crippen LogP contribution in [0.25, 0.3) is 0 Å². The Morgan fingerprint density at radius 1 is 1.53 bits per heavy atom. The predicted octanol–water partition coefficient (Wildman–Crippen LogP) is 2.31. The molecule has 3 nitrogen and oxygen atoms in total. The maximum Gasteiger partial charge on any atom is 0.330 e. The molecule has 1 fully saturated rings. The van der Waals surface area contributed by atoms with Gasteiger partial charge in [-0.1, -0.05) is 26.3 Å². The van der Waals surface area contributed by atoms with Gasteiger partial charge in [-0.25, -0.2) is 4.79 Å². The topological polar surface area (TPSA) is 35.5 Å². The first-order valence-corrected chi connectivity index (χ1v) is 5.32. The molecule has 15 heavy (non-hydrogen) atoms. The van der Waals surface area contributed by atoms with Gasteiger partial charge in [-0.05, 0) is 18.3 Å². The van der Waals surface area contributed by atoms with Crippen LogP contribution >= 0.6 is 0 Å². The number of esters is 1. The Balaban J connectivity index is 2.64. The standard InChI is InChI=1S/C12H20O3/c1-12(2,3)10-7-9(5-6-15-10)8-11(13)14-4/h8,10H,5-7H2,1-4H3/b9-8+. The van der Waals surface area contributed by atoms with Crippen LogP contribution < -0.4 is 0 Å². The van der Waals surface area contributed by atoms with Gasteiger partial charge in [0.05, 0.1) is 19.8 Å². The molecule has 3 heteroatoms. The molecule has 0 radical (unpaired) electrons. The average Bonchev–Trinajstić information content (AvgIpc) is 2.17. The molecule has 1 unspecified atom stereocenters. The number of hydrogen-bond donors (Lipinski definition) is 0. The summed E-state index contributed by atoms with van der Waals surface area (Å²) in [6.45, 7) is 7.15. The minimum Gasteiger partial charge on any atom is -0.466 e. The van der Waals surface area contributed by atoms with Gasteiger partial charge in [0.1, 0.15) is 0 Å². The summed E-state index contributed by atoms with van der Waals surface area (Å²) in [6, 6.07) is 0. The molecule has 1 atom stereocenters. The second-order valence-electron chi connectivity index (χ2n) is 5.01. The molecule has 0 bridgehead atoms. The summed E-state index contributed by atoms with van der Waals surface area (Å²) in [5.74, 6) is -0.264. The first-order valence-electron chi connectivity index (χ1n) is 5.32. The average molecular weight is 212 g/mol. The number of rotatable bonds is 1. The molecule has 86 valence electrons. The lowest BCUT2D eigenvalue weighted by molar-refractivity contribution is -0.135. The van der Waals surface area contributed by atoms with E-state index in [0.29, 0.717) is 6.61 Å². The van der Waals surface area contributed by atoms with Crippen molar-refractivity contribution >= 4 is 5.97 Å². The first-order chi connectivity index (χ1) is 6.93. The Morgan fingerprint density at radius 2 is 2.20 bits per heavy atom. The van der Waals surface area contributed by atoms with Crippen molar-refractivity contribution in [1.82, 2.24) is 0 Å². The molecule has 0 aromatic carbocycles. The van der Waals surface area contributed by atoms with Crippen LogP contribution in [0.1, 0.15) is 33.6 Å². The van der Waals surface area contributed by atoms with Crippen molar-refractivity contribution in [2.24, 2.45) is 5.41 Å². The maximum absolute atomic E-state index is 11.1. The highest BCUT2D eigenvalue weighted by atomic mass is 16.5. The van der Waals surface area contributed by atoms with E-state index in [-0.39, 0.29) is 17.5 Å². The van der Waals surface area contributed by atoms with E-state index in [1.54, 1.807) is 6.08 Å². The maximum atomic E-state index is 11.1. The largest absolute Gasteiger partial charge is 0.466 e. The second kappa shape index (κ2) is 4.79. The fourth-order valence-corrected chi connectivity index (χ4v) is 1.64. The van der Waals surface area contributed by atoms with Gasteiger partial charge in [-0.15, -0.1) is 0 Å². The quantitative estimate of drug-likeness (QED) is 0.494. The van der Waals surface area contributed by atoms with Crippen LogP contribution in [0.5, 0.6) is 0 Å². The van der Waals surface area contributed by atoms with Gasteiger partial charge in [0, 0.05) is 6.08 Å². The third-order valence-corrected chi connectivity index (χ3v) is 2.68. The van der Waals surface area contributed by atoms with E-state index < -0.39 is 0 Å². The Bertz CT molecular complexity index is 261. The molecule has 1 aliphatic heterocycles. The first kappa shape index (κ1) is 12.2. The third-order valence-electron chi connectivity index (χ3n) is 2.68. The van der Waals surface area contributed by atoms with E-state index in [4.69, 9.17) is 4.74 Å². The van der Waals surface area contributed by atoms with Crippen molar-refractivity contribution in [1.29, 1.82) is 0 Å². The SMILES string of the molecule is COC(=O)/C=C1\CCOC(C(C)(C)C)C1. The number of carbonyl (C=O) groups is 1. The molecular formula is C12H20O3. The molecule has 0 amide bonds. The Morgan fingerprint density at radius 3 is 2.73 bits per heavy atom. The van der Waals surface area contributed by atoms with E-state index in [0.717, 1.165) is 18.4 Å². The summed E-state index contributed by atoms with van der Waals surface area (Å²) in [4.78, 5) is 11.1. The van der Waals surface area contributed by atoms with Gasteiger partial charge < -0.3 is 9.47 Å². The highest BCUT2D eigenvalue weighted by molar-refractivity contribution is 5.82. The molecule has 1 aliphatic rings. The van der Waals surface area contributed by atoms with Gasteiger partial charge in [-0.3, -0.25) is 0 Å². The van der Waals surface area contributed by atoms with Crippen molar-refractivity contribution in [3.05, 3.63) is 11.6 Å². The summed E-state index contributed by atoms with van der Waals surface area (Å²) >= 11 is 0. The van der Waals surface area contributed by atoms with E-state index in [1.807, 2.05) is 0 Å². The fourth-order valence-electron chi connectivity index (χ4n) is 1.64. The number of methoxy groups -OCH3 is 1. The lowest BCUT2D eigenvalue weighted by Crippen LogP contribution is -2.33. The highest BCUT2D eigenvalue weighted by Crippen LogP contribution is 2.31. The van der Waals surface area contributed by atoms with Gasteiger partial charge in [0.2, 0.25) is 0 Å². The van der Waals surface area contributed by atoms with Gasteiger partial charge >= 0.3 is 5.97 Å². The summed E-state index contributed by atoms with van der Waals surface area (Å²) < 4.78 is 10.3. The third kappa shape index (κ3) is 3.67. The fraction of sp³-hybridized carbons (Fsp3) is 0.750. The Kier molecular flexibility index (Phi) is 3.91. The van der Waals surface area contributed by atoms with E-state index in [9.17, 15) is 4.79 Å². The molecule has 0 aromatic rings. The van der Waals surface area contributed by atoms with Crippen molar-refractivity contribution in [2.45, 2.75) is 39.7 Å². The molecule has 0 saturated carbocycles. The number of hydrogen-bond acceptors (Lipinski definition) is 3. The molecule has 0 aliphatic carbocycles. The summed E-state index contributed by atoms with van der Waals surface area (Å²) in [6.07, 6.45) is 3.46. The summed E-state index contributed by atoms with van der Waals surface area (Å²) in [7, 11) is 1.40. The van der Waals surface area contributed by atoms with E-state index >= 15 is 0 Å². The van der Waals surface area contributed by atoms with Gasteiger partial charge in [0.15, 0.2) is 0 Å². The van der Waals surface area contributed by atoms with Crippen molar-refractivity contribution in [3.8, 4) is 0 Å². The van der Waals surface area contributed by atoms with Crippen LogP contribution in [-0.2, 0) is 14.3 Å². The normalized spacial score (nSPS) is 25.3. The lowest BCUT2D eigenvalue weighted by atomic mass is 9.83. The van der Waals surface area contributed by atoms with Crippen molar-refractivity contribution in [2.75, 3.05) is 13.7 Å². The minimum absolute atomic E-state index is 0.121. The van der Waals surface area contributed by atoms with Crippen molar-refractivity contribution in [3.63, 3.8) is 0 Å². The van der Waals surface area contributed by atoms with Crippen LogP contribution in [0.15, 0.2) is 11.6 Å². The zero-order valence-corrected chi connectivity index (χ0v) is 10.0. The van der Waals surface area contributed by atoms with E-state index in [1.165, 1.54) is 7.11 Å². The molecule has 1 saturated heterocycles. The highest BCUT2D eigenvalue weighted by Gasteiger charge is 2.29. The van der Waals surface area contributed by atoms with Crippen LogP contribution in [0.2, 0.25) is 0 Å². The molecule has 0 aromatic heterocycles. The van der Waals surface area contributed by atoms with Crippen LogP contribution in [0.3, 0.4) is 0 Å². The van der Waals surface area contributed by atoms with Crippen LogP contribution in [0, 0.1) is 5.41 Å². The number of carbonyl (C=O) groups excluding carboxylic acids is 1. The summed E-state index contributed by atoms with van der Waals surface area (Å²) in [5.41, 5.74) is 1.25. The Hall–Kier alpha value is -0.830. The molecule has 0 N–H and O–H groups in total. The van der Waals surface area contributed by atoms with Gasteiger partial charge in [0.25, 0.3) is 0 Å². The lowest BCUT2D eigenvalue weighted by Gasteiger charge is -2.34. The van der Waals surface area contributed by atoms with E-state index in [2.05, 4.69) is 25.5 Å². The molecule has 0 spiro atoms. The minimum atomic E-state index is -0.264. The number of ether oxygens (including phenoxy) is 2. The zero-order valence-electron chi connectivity index (χ0n) is 10.0.